The van der Waals surface area contributed by atoms with E-state index in [1.807, 2.05) is 30.3 Å². The van der Waals surface area contributed by atoms with Gasteiger partial charge in [-0.25, -0.2) is 4.39 Å². The smallest absolute Gasteiger partial charge is 0.325 e. The number of thiazole rings is 1. The first-order valence-corrected chi connectivity index (χ1v) is 10.1. The van der Waals surface area contributed by atoms with Crippen LogP contribution in [0.4, 0.5) is 4.39 Å². The van der Waals surface area contributed by atoms with E-state index in [0.29, 0.717) is 21.8 Å². The van der Waals surface area contributed by atoms with Gasteiger partial charge in [0.1, 0.15) is 23.9 Å². The minimum absolute atomic E-state index is 0.205. The Labute approximate surface area is 180 Å². The summed E-state index contributed by atoms with van der Waals surface area (Å²) in [6, 6.07) is 20.4. The van der Waals surface area contributed by atoms with Gasteiger partial charge in [-0.05, 0) is 48.5 Å². The Morgan fingerprint density at radius 3 is 2.39 bits per heavy atom. The normalized spacial score (nSPS) is 11.5. The van der Waals surface area contributed by atoms with Gasteiger partial charge in [-0.15, -0.1) is 0 Å². The fourth-order valence-electron chi connectivity index (χ4n) is 2.95. The number of fused-ring (bicyclic) bond motifs is 1. The molecule has 1 amide bonds. The van der Waals surface area contributed by atoms with Crippen molar-refractivity contribution in [3.63, 3.8) is 0 Å². The average molecular weight is 436 g/mol. The zero-order valence-electron chi connectivity index (χ0n) is 16.4. The zero-order chi connectivity index (χ0) is 21.8. The third kappa shape index (κ3) is 4.54. The molecule has 0 saturated carbocycles. The Hall–Kier alpha value is -3.78. The Kier molecular flexibility index (Phi) is 5.90. The first-order valence-electron chi connectivity index (χ1n) is 9.32. The van der Waals surface area contributed by atoms with E-state index in [0.717, 1.165) is 11.3 Å². The molecule has 0 N–H and O–H groups in total. The molecule has 3 aromatic carbocycles. The predicted molar refractivity (Wildman–Crippen MR) is 115 cm³/mol. The third-order valence-corrected chi connectivity index (χ3v) is 5.49. The van der Waals surface area contributed by atoms with Crippen LogP contribution in [0.1, 0.15) is 10.4 Å². The van der Waals surface area contributed by atoms with E-state index in [9.17, 15) is 14.0 Å². The van der Waals surface area contributed by atoms with Crippen molar-refractivity contribution in [3.05, 3.63) is 89.0 Å². The number of esters is 1. The number of rotatable bonds is 5. The molecule has 0 unspecified atom stereocenters. The maximum atomic E-state index is 14.4. The molecule has 0 aliphatic heterocycles. The van der Waals surface area contributed by atoms with E-state index < -0.39 is 17.7 Å². The first kappa shape index (κ1) is 20.5. The number of hydrogen-bond acceptors (Lipinski definition) is 5. The molecule has 0 bridgehead atoms. The number of hydrogen-bond donors (Lipinski definition) is 0. The van der Waals surface area contributed by atoms with Crippen LogP contribution in [-0.2, 0) is 16.1 Å². The van der Waals surface area contributed by atoms with Gasteiger partial charge in [0.05, 0.1) is 17.3 Å². The number of nitrogens with zero attached hydrogens (tertiary/aromatic N) is 2. The summed E-state index contributed by atoms with van der Waals surface area (Å²) in [5.41, 5.74) is 0.541. The average Bonchev–Trinajstić information content (AvgIpc) is 3.12. The zero-order valence-corrected chi connectivity index (χ0v) is 17.3. The molecule has 0 fully saturated rings. The number of amides is 1. The molecule has 0 aliphatic rings. The Morgan fingerprint density at radius 2 is 1.68 bits per heavy atom. The molecule has 0 atom stereocenters. The number of aromatic nitrogens is 1. The van der Waals surface area contributed by atoms with E-state index in [4.69, 9.17) is 9.47 Å². The summed E-state index contributed by atoms with van der Waals surface area (Å²) in [7, 11) is 1.24. The van der Waals surface area contributed by atoms with Crippen LogP contribution >= 0.6 is 11.3 Å². The lowest BCUT2D eigenvalue weighted by Gasteiger charge is -2.06. The van der Waals surface area contributed by atoms with Crippen molar-refractivity contribution in [3.8, 4) is 11.5 Å². The van der Waals surface area contributed by atoms with Crippen molar-refractivity contribution >= 4 is 33.4 Å². The van der Waals surface area contributed by atoms with E-state index in [2.05, 4.69) is 4.99 Å². The second kappa shape index (κ2) is 8.93. The summed E-state index contributed by atoms with van der Waals surface area (Å²) in [5, 5.41) is 0. The van der Waals surface area contributed by atoms with Crippen molar-refractivity contribution in [2.24, 2.45) is 4.99 Å². The number of para-hydroxylation sites is 2. The molecule has 4 rings (SSSR count). The molecule has 0 radical (unpaired) electrons. The highest BCUT2D eigenvalue weighted by Crippen LogP contribution is 2.22. The van der Waals surface area contributed by atoms with Crippen LogP contribution < -0.4 is 9.54 Å². The summed E-state index contributed by atoms with van der Waals surface area (Å²) in [5.74, 6) is -0.333. The molecule has 8 heteroatoms. The molecule has 1 aromatic heterocycles. The molecule has 31 heavy (non-hydrogen) atoms. The highest BCUT2D eigenvalue weighted by molar-refractivity contribution is 7.16. The Morgan fingerprint density at radius 1 is 0.968 bits per heavy atom. The lowest BCUT2D eigenvalue weighted by molar-refractivity contribution is -0.141. The fraction of sp³-hybridized carbons (Fsp3) is 0.0870. The van der Waals surface area contributed by atoms with Crippen molar-refractivity contribution in [1.29, 1.82) is 0 Å². The molecule has 4 aromatic rings. The standard InChI is InChI=1S/C23H17FN2O4S/c1-29-20(27)14-26-21-18(24)8-5-9-19(21)31-23(26)25-22(28)15-10-12-17(13-11-15)30-16-6-3-2-4-7-16/h2-13H,14H2,1H3. The quantitative estimate of drug-likeness (QED) is 0.431. The van der Waals surface area contributed by atoms with Gasteiger partial charge >= 0.3 is 5.97 Å². The number of benzene rings is 3. The van der Waals surface area contributed by atoms with Gasteiger partial charge in [-0.1, -0.05) is 35.6 Å². The summed E-state index contributed by atoms with van der Waals surface area (Å²) >= 11 is 1.12. The first-order chi connectivity index (χ1) is 15.0. The monoisotopic (exact) mass is 436 g/mol. The Balaban J connectivity index is 1.66. The minimum Gasteiger partial charge on any atom is -0.468 e. The summed E-state index contributed by atoms with van der Waals surface area (Å²) < 4.78 is 26.7. The molecule has 0 aliphatic carbocycles. The SMILES string of the molecule is COC(=O)Cn1c(=NC(=O)c2ccc(Oc3ccccc3)cc2)sc2cccc(F)c21. The van der Waals surface area contributed by atoms with Crippen LogP contribution in [0.2, 0.25) is 0 Å². The molecular weight excluding hydrogens is 419 g/mol. The second-order valence-corrected chi connectivity index (χ2v) is 7.50. The van der Waals surface area contributed by atoms with Gasteiger partial charge in [-0.3, -0.25) is 9.59 Å². The molecule has 156 valence electrons. The summed E-state index contributed by atoms with van der Waals surface area (Å²) in [4.78, 5) is 28.9. The number of carbonyl (C=O) groups is 2. The predicted octanol–water partition coefficient (Wildman–Crippen LogP) is 4.55. The van der Waals surface area contributed by atoms with Gasteiger partial charge in [0.25, 0.3) is 5.91 Å². The summed E-state index contributed by atoms with van der Waals surface area (Å²) in [6.07, 6.45) is 0. The van der Waals surface area contributed by atoms with E-state index in [1.54, 1.807) is 36.4 Å². The molecular formula is C23H17FN2O4S. The topological polar surface area (TPSA) is 69.9 Å². The van der Waals surface area contributed by atoms with Gasteiger partial charge in [0.2, 0.25) is 0 Å². The maximum Gasteiger partial charge on any atom is 0.325 e. The van der Waals surface area contributed by atoms with Crippen LogP contribution in [0.5, 0.6) is 11.5 Å². The lowest BCUT2D eigenvalue weighted by Crippen LogP contribution is -2.22. The molecule has 0 saturated heterocycles. The van der Waals surface area contributed by atoms with Gasteiger partial charge in [0.15, 0.2) is 4.80 Å². The van der Waals surface area contributed by atoms with Gasteiger partial charge in [-0.2, -0.15) is 4.99 Å². The summed E-state index contributed by atoms with van der Waals surface area (Å²) in [6.45, 7) is -0.257. The molecule has 0 spiro atoms. The molecule has 1 heterocycles. The van der Waals surface area contributed by atoms with Gasteiger partial charge < -0.3 is 14.0 Å². The van der Waals surface area contributed by atoms with E-state index in [1.165, 1.54) is 17.7 Å². The van der Waals surface area contributed by atoms with Crippen molar-refractivity contribution in [1.82, 2.24) is 4.57 Å². The Bertz CT molecular complexity index is 1310. The van der Waals surface area contributed by atoms with Gasteiger partial charge in [0, 0.05) is 5.56 Å². The number of methoxy groups -OCH3 is 1. The fourth-order valence-corrected chi connectivity index (χ4v) is 4.00. The van der Waals surface area contributed by atoms with Crippen molar-refractivity contribution in [2.45, 2.75) is 6.54 Å². The highest BCUT2D eigenvalue weighted by atomic mass is 32.1. The van der Waals surface area contributed by atoms with Crippen molar-refractivity contribution in [2.75, 3.05) is 7.11 Å². The maximum absolute atomic E-state index is 14.4. The van der Waals surface area contributed by atoms with Crippen LogP contribution in [0.15, 0.2) is 77.8 Å². The lowest BCUT2D eigenvalue weighted by atomic mass is 10.2. The minimum atomic E-state index is -0.570. The van der Waals surface area contributed by atoms with E-state index in [-0.39, 0.29) is 16.9 Å². The molecule has 6 nitrogen and oxygen atoms in total. The number of ether oxygens (including phenoxy) is 2. The highest BCUT2D eigenvalue weighted by Gasteiger charge is 2.15. The third-order valence-electron chi connectivity index (χ3n) is 4.44. The number of carbonyl (C=O) groups excluding carboxylic acids is 2. The van der Waals surface area contributed by atoms with Crippen LogP contribution in [-0.4, -0.2) is 23.6 Å². The van der Waals surface area contributed by atoms with Crippen molar-refractivity contribution < 1.29 is 23.5 Å². The largest absolute Gasteiger partial charge is 0.468 e. The second-order valence-electron chi connectivity index (χ2n) is 6.49. The number of halogens is 1. The van der Waals surface area contributed by atoms with Crippen LogP contribution in [0.3, 0.4) is 0 Å². The van der Waals surface area contributed by atoms with Crippen LogP contribution in [0.25, 0.3) is 10.2 Å². The van der Waals surface area contributed by atoms with E-state index >= 15 is 0 Å². The van der Waals surface area contributed by atoms with Crippen LogP contribution in [0, 0.1) is 5.82 Å².